The summed E-state index contributed by atoms with van der Waals surface area (Å²) in [5.41, 5.74) is 3.96. The van der Waals surface area contributed by atoms with Gasteiger partial charge in [0.15, 0.2) is 11.0 Å². The molecule has 1 N–H and O–H groups in total. The lowest BCUT2D eigenvalue weighted by atomic mass is 10.1. The molecule has 0 aliphatic heterocycles. The summed E-state index contributed by atoms with van der Waals surface area (Å²) in [5.74, 6) is 1.56. The highest BCUT2D eigenvalue weighted by Crippen LogP contribution is 2.24. The van der Waals surface area contributed by atoms with E-state index in [-0.39, 0.29) is 18.3 Å². The average Bonchev–Trinajstić information content (AvgIpc) is 3.23. The van der Waals surface area contributed by atoms with Crippen molar-refractivity contribution in [1.29, 1.82) is 0 Å². The molecule has 0 radical (unpaired) electrons. The van der Waals surface area contributed by atoms with Gasteiger partial charge in [-0.1, -0.05) is 60.3 Å². The van der Waals surface area contributed by atoms with Gasteiger partial charge in [0.25, 0.3) is 0 Å². The summed E-state index contributed by atoms with van der Waals surface area (Å²) >= 11 is 1.34. The number of ether oxygens (including phenoxy) is 1. The maximum absolute atomic E-state index is 12.6. The average molecular weight is 445 g/mol. The number of carbonyl (C=O) groups is 1. The molecule has 4 rings (SSSR count). The summed E-state index contributed by atoms with van der Waals surface area (Å²) in [7, 11) is 0. The Bertz CT molecular complexity index is 1190. The maximum Gasteiger partial charge on any atom is 0.234 e. The monoisotopic (exact) mass is 444 g/mol. The standard InChI is InChI=1S/C25H24N4O2S/c1-18-10-9-15-22(19(18)2)26-24(30)17-32-25-28-27-23(16-31-21-13-7-4-8-14-21)29(25)20-11-5-3-6-12-20/h3-15H,16-17H2,1-2H3,(H,26,30). The molecule has 1 heterocycles. The van der Waals surface area contributed by atoms with Gasteiger partial charge in [-0.25, -0.2) is 0 Å². The van der Waals surface area contributed by atoms with Gasteiger partial charge in [0.2, 0.25) is 5.91 Å². The molecule has 1 aromatic heterocycles. The van der Waals surface area contributed by atoms with Crippen LogP contribution in [0.4, 0.5) is 5.69 Å². The van der Waals surface area contributed by atoms with Crippen molar-refractivity contribution in [3.63, 3.8) is 0 Å². The van der Waals surface area contributed by atoms with Crippen LogP contribution in [0.3, 0.4) is 0 Å². The Hall–Kier alpha value is -3.58. The van der Waals surface area contributed by atoms with Crippen molar-refractivity contribution in [3.8, 4) is 11.4 Å². The Morgan fingerprint density at radius 3 is 2.41 bits per heavy atom. The van der Waals surface area contributed by atoms with E-state index in [0.29, 0.717) is 11.0 Å². The SMILES string of the molecule is Cc1cccc(NC(=O)CSc2nnc(COc3ccccc3)n2-c2ccccc2)c1C. The molecule has 0 fully saturated rings. The van der Waals surface area contributed by atoms with Gasteiger partial charge < -0.3 is 10.1 Å². The van der Waals surface area contributed by atoms with E-state index in [9.17, 15) is 4.79 Å². The van der Waals surface area contributed by atoms with Gasteiger partial charge in [-0.15, -0.1) is 10.2 Å². The highest BCUT2D eigenvalue weighted by Gasteiger charge is 2.17. The number of thioether (sulfide) groups is 1. The van der Waals surface area contributed by atoms with E-state index in [1.165, 1.54) is 11.8 Å². The zero-order valence-corrected chi connectivity index (χ0v) is 18.8. The van der Waals surface area contributed by atoms with Gasteiger partial charge in [0, 0.05) is 11.4 Å². The summed E-state index contributed by atoms with van der Waals surface area (Å²) in [5, 5.41) is 12.3. The summed E-state index contributed by atoms with van der Waals surface area (Å²) in [6.45, 7) is 4.30. The van der Waals surface area contributed by atoms with Gasteiger partial charge >= 0.3 is 0 Å². The topological polar surface area (TPSA) is 69.0 Å². The Morgan fingerprint density at radius 1 is 0.938 bits per heavy atom. The smallest absolute Gasteiger partial charge is 0.234 e. The number of aromatic nitrogens is 3. The van der Waals surface area contributed by atoms with Crippen LogP contribution >= 0.6 is 11.8 Å². The molecule has 6 nitrogen and oxygen atoms in total. The largest absolute Gasteiger partial charge is 0.486 e. The first-order chi connectivity index (χ1) is 15.6. The number of rotatable bonds is 8. The normalized spacial score (nSPS) is 10.7. The molecule has 162 valence electrons. The fourth-order valence-electron chi connectivity index (χ4n) is 3.19. The second-order valence-electron chi connectivity index (χ2n) is 7.26. The van der Waals surface area contributed by atoms with Gasteiger partial charge in [0.1, 0.15) is 12.4 Å². The van der Waals surface area contributed by atoms with Crippen molar-refractivity contribution >= 4 is 23.4 Å². The van der Waals surface area contributed by atoms with Crippen LogP contribution in [-0.4, -0.2) is 26.4 Å². The molecule has 4 aromatic rings. The highest BCUT2D eigenvalue weighted by molar-refractivity contribution is 7.99. The minimum absolute atomic E-state index is 0.0894. The lowest BCUT2D eigenvalue weighted by Gasteiger charge is -2.12. The lowest BCUT2D eigenvalue weighted by molar-refractivity contribution is -0.113. The van der Waals surface area contributed by atoms with Crippen LogP contribution in [0, 0.1) is 13.8 Å². The predicted molar refractivity (Wildman–Crippen MR) is 127 cm³/mol. The minimum Gasteiger partial charge on any atom is -0.486 e. The van der Waals surface area contributed by atoms with E-state index in [0.717, 1.165) is 28.3 Å². The van der Waals surface area contributed by atoms with Crippen LogP contribution < -0.4 is 10.1 Å². The predicted octanol–water partition coefficient (Wildman–Crippen LogP) is 5.19. The third-order valence-electron chi connectivity index (χ3n) is 5.04. The van der Waals surface area contributed by atoms with Crippen molar-refractivity contribution in [2.24, 2.45) is 0 Å². The fraction of sp³-hybridized carbons (Fsp3) is 0.160. The Kier molecular flexibility index (Phi) is 6.87. The summed E-state index contributed by atoms with van der Waals surface area (Å²) in [4.78, 5) is 12.6. The number of hydrogen-bond donors (Lipinski definition) is 1. The molecule has 0 aliphatic carbocycles. The highest BCUT2D eigenvalue weighted by atomic mass is 32.2. The quantitative estimate of drug-likeness (QED) is 0.379. The first-order valence-electron chi connectivity index (χ1n) is 10.3. The van der Waals surface area contributed by atoms with E-state index in [4.69, 9.17) is 4.74 Å². The zero-order chi connectivity index (χ0) is 22.3. The number of hydrogen-bond acceptors (Lipinski definition) is 5. The van der Waals surface area contributed by atoms with Crippen molar-refractivity contribution in [2.75, 3.05) is 11.1 Å². The van der Waals surface area contributed by atoms with Crippen molar-refractivity contribution in [1.82, 2.24) is 14.8 Å². The molecule has 32 heavy (non-hydrogen) atoms. The molecular formula is C25H24N4O2S. The van der Waals surface area contributed by atoms with E-state index in [1.54, 1.807) is 0 Å². The summed E-state index contributed by atoms with van der Waals surface area (Å²) in [6, 6.07) is 25.3. The number of amides is 1. The molecule has 7 heteroatoms. The Labute approximate surface area is 191 Å². The molecule has 0 aliphatic rings. The molecule has 1 amide bonds. The second kappa shape index (κ2) is 10.2. The molecular weight excluding hydrogens is 420 g/mol. The number of nitrogens with one attached hydrogen (secondary N) is 1. The number of benzene rings is 3. The maximum atomic E-state index is 12.6. The second-order valence-corrected chi connectivity index (χ2v) is 8.20. The molecule has 0 unspecified atom stereocenters. The van der Waals surface area contributed by atoms with Crippen LogP contribution in [-0.2, 0) is 11.4 Å². The number of anilines is 1. The molecule has 0 saturated carbocycles. The lowest BCUT2D eigenvalue weighted by Crippen LogP contribution is -2.15. The van der Waals surface area contributed by atoms with Gasteiger partial charge in [-0.3, -0.25) is 9.36 Å². The first kappa shape index (κ1) is 21.6. The summed E-state index contributed by atoms with van der Waals surface area (Å²) in [6.07, 6.45) is 0. The van der Waals surface area contributed by atoms with Gasteiger partial charge in [-0.2, -0.15) is 0 Å². The fourth-order valence-corrected chi connectivity index (χ4v) is 3.96. The van der Waals surface area contributed by atoms with Crippen LogP contribution in [0.5, 0.6) is 5.75 Å². The number of para-hydroxylation sites is 2. The Balaban J connectivity index is 1.50. The van der Waals surface area contributed by atoms with Crippen molar-refractivity contribution < 1.29 is 9.53 Å². The number of aryl methyl sites for hydroxylation is 1. The first-order valence-corrected chi connectivity index (χ1v) is 11.3. The van der Waals surface area contributed by atoms with E-state index in [1.807, 2.05) is 97.3 Å². The molecule has 3 aromatic carbocycles. The molecule has 0 bridgehead atoms. The van der Waals surface area contributed by atoms with Crippen LogP contribution in [0.15, 0.2) is 84.0 Å². The van der Waals surface area contributed by atoms with E-state index >= 15 is 0 Å². The third-order valence-corrected chi connectivity index (χ3v) is 5.97. The van der Waals surface area contributed by atoms with Crippen LogP contribution in [0.25, 0.3) is 5.69 Å². The van der Waals surface area contributed by atoms with Gasteiger partial charge in [-0.05, 0) is 55.3 Å². The Morgan fingerprint density at radius 2 is 1.66 bits per heavy atom. The molecule has 0 spiro atoms. The van der Waals surface area contributed by atoms with Crippen LogP contribution in [0.2, 0.25) is 0 Å². The van der Waals surface area contributed by atoms with Crippen LogP contribution in [0.1, 0.15) is 17.0 Å². The van der Waals surface area contributed by atoms with E-state index in [2.05, 4.69) is 15.5 Å². The zero-order valence-electron chi connectivity index (χ0n) is 18.0. The third kappa shape index (κ3) is 5.18. The number of carbonyl (C=O) groups excluding carboxylic acids is 1. The van der Waals surface area contributed by atoms with Crippen molar-refractivity contribution in [2.45, 2.75) is 25.6 Å². The van der Waals surface area contributed by atoms with Gasteiger partial charge in [0.05, 0.1) is 5.75 Å². The minimum atomic E-state index is -0.0894. The van der Waals surface area contributed by atoms with Crippen molar-refractivity contribution in [3.05, 3.63) is 95.8 Å². The molecule has 0 atom stereocenters. The van der Waals surface area contributed by atoms with E-state index < -0.39 is 0 Å². The molecule has 0 saturated heterocycles. The number of nitrogens with zero attached hydrogens (tertiary/aromatic N) is 3. The summed E-state index contributed by atoms with van der Waals surface area (Å²) < 4.78 is 7.81.